The van der Waals surface area contributed by atoms with Crippen LogP contribution in [0, 0.1) is 5.82 Å². The van der Waals surface area contributed by atoms with Gasteiger partial charge in [0.15, 0.2) is 0 Å². The van der Waals surface area contributed by atoms with Crippen LogP contribution < -0.4 is 5.73 Å². The van der Waals surface area contributed by atoms with Crippen molar-refractivity contribution in [1.29, 1.82) is 0 Å². The maximum atomic E-state index is 13.0. The molecule has 2 rings (SSSR count). The number of nitrogens with two attached hydrogens (primary N) is 1. The lowest BCUT2D eigenvalue weighted by molar-refractivity contribution is -0.153. The summed E-state index contributed by atoms with van der Waals surface area (Å²) in [6.07, 6.45) is -3.34. The predicted molar refractivity (Wildman–Crippen MR) is 56.0 cm³/mol. The molecule has 0 spiro atoms. The van der Waals surface area contributed by atoms with E-state index in [0.29, 0.717) is 12.8 Å². The van der Waals surface area contributed by atoms with Crippen molar-refractivity contribution >= 4 is 0 Å². The molecule has 0 saturated heterocycles. The SMILES string of the molecule is NC1(CC(c2cccc(F)c2)C(F)(F)F)CC1. The Balaban J connectivity index is 2.26. The lowest BCUT2D eigenvalue weighted by Crippen LogP contribution is -2.31. The van der Waals surface area contributed by atoms with Gasteiger partial charge in [0.25, 0.3) is 0 Å². The zero-order chi connectivity index (χ0) is 12.7. The Kier molecular flexibility index (Phi) is 2.89. The van der Waals surface area contributed by atoms with Crippen LogP contribution in [0.5, 0.6) is 0 Å². The molecule has 1 aromatic carbocycles. The first kappa shape index (κ1) is 12.4. The summed E-state index contributed by atoms with van der Waals surface area (Å²) in [5.74, 6) is -2.33. The van der Waals surface area contributed by atoms with E-state index >= 15 is 0 Å². The molecular formula is C12H13F4N. The number of halogens is 4. The van der Waals surface area contributed by atoms with Crippen LogP contribution in [0.25, 0.3) is 0 Å². The lowest BCUT2D eigenvalue weighted by atomic mass is 9.90. The topological polar surface area (TPSA) is 26.0 Å². The van der Waals surface area contributed by atoms with Gasteiger partial charge >= 0.3 is 6.18 Å². The fourth-order valence-electron chi connectivity index (χ4n) is 1.92. The minimum Gasteiger partial charge on any atom is -0.325 e. The van der Waals surface area contributed by atoms with Gasteiger partial charge in [-0.15, -0.1) is 0 Å². The number of rotatable bonds is 3. The van der Waals surface area contributed by atoms with E-state index in [2.05, 4.69) is 0 Å². The first-order valence-electron chi connectivity index (χ1n) is 5.41. The van der Waals surface area contributed by atoms with Crippen molar-refractivity contribution in [2.45, 2.75) is 36.9 Å². The van der Waals surface area contributed by atoms with E-state index in [9.17, 15) is 17.6 Å². The average Bonchev–Trinajstić information content (AvgIpc) is 2.92. The number of hydrogen-bond donors (Lipinski definition) is 1. The van der Waals surface area contributed by atoms with Crippen molar-refractivity contribution in [2.75, 3.05) is 0 Å². The standard InChI is InChI=1S/C12H13F4N/c13-9-3-1-2-8(6-9)10(12(14,15)16)7-11(17)4-5-11/h1-3,6,10H,4-5,7,17H2. The summed E-state index contributed by atoms with van der Waals surface area (Å²) >= 11 is 0. The van der Waals surface area contributed by atoms with Crippen molar-refractivity contribution in [3.05, 3.63) is 35.6 Å². The summed E-state index contributed by atoms with van der Waals surface area (Å²) in [6, 6.07) is 4.66. The minimum absolute atomic E-state index is 0.0470. The van der Waals surface area contributed by atoms with Crippen molar-refractivity contribution < 1.29 is 17.6 Å². The van der Waals surface area contributed by atoms with E-state index in [1.54, 1.807) is 0 Å². The van der Waals surface area contributed by atoms with Gasteiger partial charge in [-0.05, 0) is 37.0 Å². The van der Waals surface area contributed by atoms with Crippen LogP contribution in [0.1, 0.15) is 30.7 Å². The Morgan fingerprint density at radius 1 is 1.29 bits per heavy atom. The van der Waals surface area contributed by atoms with Crippen molar-refractivity contribution in [1.82, 2.24) is 0 Å². The smallest absolute Gasteiger partial charge is 0.325 e. The van der Waals surface area contributed by atoms with Gasteiger partial charge in [-0.1, -0.05) is 12.1 Å². The van der Waals surface area contributed by atoms with Gasteiger partial charge in [0, 0.05) is 5.54 Å². The minimum atomic E-state index is -4.39. The molecule has 2 N–H and O–H groups in total. The number of alkyl halides is 3. The Labute approximate surface area is 96.6 Å². The van der Waals surface area contributed by atoms with Crippen LogP contribution in [-0.4, -0.2) is 11.7 Å². The molecule has 1 aliphatic carbocycles. The second-order valence-electron chi connectivity index (χ2n) is 4.72. The monoisotopic (exact) mass is 247 g/mol. The molecule has 1 aliphatic rings. The second kappa shape index (κ2) is 3.98. The molecule has 1 fully saturated rings. The van der Waals surface area contributed by atoms with Gasteiger partial charge in [0.1, 0.15) is 5.82 Å². The maximum Gasteiger partial charge on any atom is 0.395 e. The largest absolute Gasteiger partial charge is 0.395 e. The van der Waals surface area contributed by atoms with Crippen LogP contribution >= 0.6 is 0 Å². The van der Waals surface area contributed by atoms with Crippen molar-refractivity contribution in [3.8, 4) is 0 Å². The second-order valence-corrected chi connectivity index (χ2v) is 4.72. The Hall–Kier alpha value is -1.10. The summed E-state index contributed by atoms with van der Waals surface area (Å²) in [7, 11) is 0. The van der Waals surface area contributed by atoms with Crippen LogP contribution in [0.2, 0.25) is 0 Å². The normalized spacial score (nSPS) is 20.1. The highest BCUT2D eigenvalue weighted by molar-refractivity contribution is 5.24. The van der Waals surface area contributed by atoms with Gasteiger partial charge in [0.05, 0.1) is 5.92 Å². The molecule has 94 valence electrons. The molecule has 1 saturated carbocycles. The summed E-state index contributed by atoms with van der Waals surface area (Å²) in [5.41, 5.74) is 4.96. The van der Waals surface area contributed by atoms with Crippen LogP contribution in [0.15, 0.2) is 24.3 Å². The molecule has 1 nitrogen and oxygen atoms in total. The Morgan fingerprint density at radius 2 is 1.94 bits per heavy atom. The van der Waals surface area contributed by atoms with E-state index < -0.39 is 23.5 Å². The zero-order valence-corrected chi connectivity index (χ0v) is 9.10. The molecule has 1 unspecified atom stereocenters. The van der Waals surface area contributed by atoms with E-state index in [1.165, 1.54) is 12.1 Å². The number of hydrogen-bond acceptors (Lipinski definition) is 1. The fourth-order valence-corrected chi connectivity index (χ4v) is 1.92. The van der Waals surface area contributed by atoms with Crippen molar-refractivity contribution in [2.24, 2.45) is 5.73 Å². The summed E-state index contributed by atoms with van der Waals surface area (Å²) in [4.78, 5) is 0. The molecule has 0 aliphatic heterocycles. The highest BCUT2D eigenvalue weighted by atomic mass is 19.4. The number of benzene rings is 1. The van der Waals surface area contributed by atoms with Gasteiger partial charge in [-0.2, -0.15) is 13.2 Å². The van der Waals surface area contributed by atoms with Gasteiger partial charge in [0.2, 0.25) is 0 Å². The summed E-state index contributed by atoms with van der Waals surface area (Å²) in [6.45, 7) is 0. The predicted octanol–water partition coefficient (Wildman–Crippen LogP) is 3.35. The van der Waals surface area contributed by atoms with Gasteiger partial charge < -0.3 is 5.73 Å². The quantitative estimate of drug-likeness (QED) is 0.814. The third-order valence-electron chi connectivity index (χ3n) is 3.15. The maximum absolute atomic E-state index is 13.0. The van der Waals surface area contributed by atoms with Gasteiger partial charge in [-0.25, -0.2) is 4.39 Å². The molecule has 17 heavy (non-hydrogen) atoms. The molecule has 1 atom stereocenters. The van der Waals surface area contributed by atoms with Crippen LogP contribution in [-0.2, 0) is 0 Å². The molecule has 0 bridgehead atoms. The Bertz CT molecular complexity index is 409. The molecule has 0 amide bonds. The zero-order valence-electron chi connectivity index (χ0n) is 9.10. The third-order valence-corrected chi connectivity index (χ3v) is 3.15. The van der Waals surface area contributed by atoms with Gasteiger partial charge in [-0.3, -0.25) is 0 Å². The Morgan fingerprint density at radius 3 is 2.41 bits per heavy atom. The molecule has 5 heteroatoms. The first-order chi connectivity index (χ1) is 7.80. The third kappa shape index (κ3) is 2.97. The molecular weight excluding hydrogens is 234 g/mol. The summed E-state index contributed by atoms with van der Waals surface area (Å²) in [5, 5.41) is 0. The van der Waals surface area contributed by atoms with Crippen LogP contribution in [0.4, 0.5) is 17.6 Å². The molecule has 0 radical (unpaired) electrons. The first-order valence-corrected chi connectivity index (χ1v) is 5.41. The molecule has 0 heterocycles. The molecule has 0 aromatic heterocycles. The van der Waals surface area contributed by atoms with Crippen LogP contribution in [0.3, 0.4) is 0 Å². The van der Waals surface area contributed by atoms with E-state index in [-0.39, 0.29) is 12.0 Å². The molecule has 1 aromatic rings. The van der Waals surface area contributed by atoms with E-state index in [0.717, 1.165) is 12.1 Å². The fraction of sp³-hybridized carbons (Fsp3) is 0.500. The van der Waals surface area contributed by atoms with E-state index in [1.807, 2.05) is 0 Å². The van der Waals surface area contributed by atoms with Crippen molar-refractivity contribution in [3.63, 3.8) is 0 Å². The highest BCUT2D eigenvalue weighted by Crippen LogP contribution is 2.47. The lowest BCUT2D eigenvalue weighted by Gasteiger charge is -2.23. The average molecular weight is 247 g/mol. The van der Waals surface area contributed by atoms with E-state index in [4.69, 9.17) is 5.73 Å². The summed E-state index contributed by atoms with van der Waals surface area (Å²) < 4.78 is 51.7. The highest BCUT2D eigenvalue weighted by Gasteiger charge is 2.49.